The average molecular weight is 344 g/mol. The topological polar surface area (TPSA) is 59.4 Å². The molecule has 7 heteroatoms. The Bertz CT molecular complexity index is 989. The summed E-state index contributed by atoms with van der Waals surface area (Å²) in [5.74, 6) is 0.785. The Morgan fingerprint density at radius 2 is 1.96 bits per heavy atom. The van der Waals surface area contributed by atoms with Gasteiger partial charge in [0.15, 0.2) is 5.82 Å². The molecule has 4 aromatic rings. The first-order valence-electron chi connectivity index (χ1n) is 6.96. The highest BCUT2D eigenvalue weighted by Gasteiger charge is 2.10. The summed E-state index contributed by atoms with van der Waals surface area (Å²) in [7, 11) is 0. The lowest BCUT2D eigenvalue weighted by molar-refractivity contribution is 0.803. The maximum atomic E-state index is 6.08. The molecule has 23 heavy (non-hydrogen) atoms. The molecule has 0 bridgehead atoms. The van der Waals surface area contributed by atoms with Crippen molar-refractivity contribution in [3.05, 3.63) is 64.7 Å². The minimum absolute atomic E-state index is 0.540. The number of nitrogens with zero attached hydrogens (tertiary/aromatic N) is 4. The smallest absolute Gasteiger partial charge is 0.164 e. The molecule has 0 unspecified atom stereocenters. The minimum atomic E-state index is 0.540. The standard InChI is InChI=1S/C16H11Cl2N5/c17-12-3-1-10(5-13(12)18)7-23-9-21-22-16(23)11-2-4-14-15(6-11)20-8-19-14/h1-6,8-9H,7H2,(H,19,20). The minimum Gasteiger partial charge on any atom is -0.345 e. The van der Waals surface area contributed by atoms with Crippen LogP contribution in [0.4, 0.5) is 0 Å². The molecule has 0 spiro atoms. The highest BCUT2D eigenvalue weighted by Crippen LogP contribution is 2.25. The van der Waals surface area contributed by atoms with Crippen LogP contribution in [0.2, 0.25) is 10.0 Å². The normalized spacial score (nSPS) is 11.2. The lowest BCUT2D eigenvalue weighted by atomic mass is 10.1. The van der Waals surface area contributed by atoms with E-state index in [0.717, 1.165) is 28.0 Å². The van der Waals surface area contributed by atoms with Crippen LogP contribution in [0.1, 0.15) is 5.56 Å². The number of H-pyrrole nitrogens is 1. The molecule has 0 aliphatic carbocycles. The number of imidazole rings is 1. The van der Waals surface area contributed by atoms with Gasteiger partial charge in [-0.15, -0.1) is 10.2 Å². The number of hydrogen-bond donors (Lipinski definition) is 1. The molecule has 2 aromatic heterocycles. The van der Waals surface area contributed by atoms with E-state index in [0.29, 0.717) is 16.6 Å². The van der Waals surface area contributed by atoms with Crippen molar-refractivity contribution in [1.82, 2.24) is 24.7 Å². The third-order valence-electron chi connectivity index (χ3n) is 3.63. The predicted octanol–water partition coefficient (Wildman–Crippen LogP) is 4.18. The van der Waals surface area contributed by atoms with Gasteiger partial charge in [0.1, 0.15) is 6.33 Å². The fourth-order valence-electron chi connectivity index (χ4n) is 2.50. The Morgan fingerprint density at radius 1 is 1.04 bits per heavy atom. The van der Waals surface area contributed by atoms with Crippen molar-refractivity contribution in [3.8, 4) is 11.4 Å². The molecule has 0 amide bonds. The summed E-state index contributed by atoms with van der Waals surface area (Å²) >= 11 is 12.0. The molecule has 4 rings (SSSR count). The predicted molar refractivity (Wildman–Crippen MR) is 90.7 cm³/mol. The summed E-state index contributed by atoms with van der Waals surface area (Å²) in [4.78, 5) is 7.33. The van der Waals surface area contributed by atoms with Gasteiger partial charge in [0.25, 0.3) is 0 Å². The van der Waals surface area contributed by atoms with Gasteiger partial charge in [-0.05, 0) is 35.9 Å². The molecular formula is C16H11Cl2N5. The van der Waals surface area contributed by atoms with Crippen LogP contribution in [0, 0.1) is 0 Å². The molecule has 0 fully saturated rings. The summed E-state index contributed by atoms with van der Waals surface area (Å²) in [5.41, 5.74) is 3.89. The van der Waals surface area contributed by atoms with E-state index in [1.807, 2.05) is 34.9 Å². The van der Waals surface area contributed by atoms with Gasteiger partial charge >= 0.3 is 0 Å². The van der Waals surface area contributed by atoms with Crippen LogP contribution in [0.5, 0.6) is 0 Å². The van der Waals surface area contributed by atoms with Crippen molar-refractivity contribution < 1.29 is 0 Å². The van der Waals surface area contributed by atoms with Gasteiger partial charge in [-0.3, -0.25) is 0 Å². The van der Waals surface area contributed by atoms with Gasteiger partial charge in [-0.25, -0.2) is 4.98 Å². The quantitative estimate of drug-likeness (QED) is 0.607. The second kappa shape index (κ2) is 5.68. The molecule has 0 saturated carbocycles. The van der Waals surface area contributed by atoms with Gasteiger partial charge in [-0.2, -0.15) is 0 Å². The Hall–Kier alpha value is -2.37. The summed E-state index contributed by atoms with van der Waals surface area (Å²) in [5, 5.41) is 9.35. The first-order chi connectivity index (χ1) is 11.2. The Labute approximate surface area is 141 Å². The van der Waals surface area contributed by atoms with Crippen molar-refractivity contribution >= 4 is 34.2 Å². The van der Waals surface area contributed by atoms with Crippen molar-refractivity contribution in [2.75, 3.05) is 0 Å². The highest BCUT2D eigenvalue weighted by molar-refractivity contribution is 6.42. The first-order valence-corrected chi connectivity index (χ1v) is 7.71. The molecule has 0 aliphatic rings. The lowest BCUT2D eigenvalue weighted by Crippen LogP contribution is -2.01. The third-order valence-corrected chi connectivity index (χ3v) is 4.37. The number of fused-ring (bicyclic) bond motifs is 1. The lowest BCUT2D eigenvalue weighted by Gasteiger charge is -2.08. The van der Waals surface area contributed by atoms with Crippen LogP contribution in [0.3, 0.4) is 0 Å². The maximum Gasteiger partial charge on any atom is 0.164 e. The molecule has 0 saturated heterocycles. The van der Waals surface area contributed by atoms with E-state index in [4.69, 9.17) is 23.2 Å². The summed E-state index contributed by atoms with van der Waals surface area (Å²) in [6.45, 7) is 0.611. The first kappa shape index (κ1) is 14.2. The number of hydrogen-bond acceptors (Lipinski definition) is 3. The molecule has 1 N–H and O–H groups in total. The molecular weight excluding hydrogens is 333 g/mol. The molecule has 0 radical (unpaired) electrons. The van der Waals surface area contributed by atoms with E-state index in [1.165, 1.54) is 0 Å². The van der Waals surface area contributed by atoms with Crippen LogP contribution >= 0.6 is 23.2 Å². The number of aromatic nitrogens is 5. The molecule has 2 heterocycles. The van der Waals surface area contributed by atoms with Crippen molar-refractivity contribution in [1.29, 1.82) is 0 Å². The van der Waals surface area contributed by atoms with Crippen molar-refractivity contribution in [2.24, 2.45) is 0 Å². The van der Waals surface area contributed by atoms with Gasteiger partial charge in [0.05, 0.1) is 34.0 Å². The zero-order chi connectivity index (χ0) is 15.8. The fraction of sp³-hybridized carbons (Fsp3) is 0.0625. The van der Waals surface area contributed by atoms with E-state index in [1.54, 1.807) is 18.7 Å². The molecule has 5 nitrogen and oxygen atoms in total. The largest absolute Gasteiger partial charge is 0.345 e. The van der Waals surface area contributed by atoms with Gasteiger partial charge in [0.2, 0.25) is 0 Å². The SMILES string of the molecule is Clc1ccc(Cn2cnnc2-c2ccc3nc[nH]c3c2)cc1Cl. The molecule has 114 valence electrons. The third kappa shape index (κ3) is 2.69. The maximum absolute atomic E-state index is 6.08. The monoisotopic (exact) mass is 343 g/mol. The van der Waals surface area contributed by atoms with Crippen LogP contribution < -0.4 is 0 Å². The van der Waals surface area contributed by atoms with E-state index in [-0.39, 0.29) is 0 Å². The molecule has 0 atom stereocenters. The van der Waals surface area contributed by atoms with Crippen LogP contribution in [0.25, 0.3) is 22.4 Å². The van der Waals surface area contributed by atoms with Crippen LogP contribution in [0.15, 0.2) is 49.1 Å². The van der Waals surface area contributed by atoms with Crippen molar-refractivity contribution in [2.45, 2.75) is 6.54 Å². The number of halogens is 2. The zero-order valence-corrected chi connectivity index (χ0v) is 13.4. The fourth-order valence-corrected chi connectivity index (χ4v) is 2.82. The van der Waals surface area contributed by atoms with E-state index in [2.05, 4.69) is 20.2 Å². The number of rotatable bonds is 3. The Balaban J connectivity index is 1.71. The van der Waals surface area contributed by atoms with E-state index in [9.17, 15) is 0 Å². The molecule has 2 aromatic carbocycles. The zero-order valence-electron chi connectivity index (χ0n) is 11.9. The van der Waals surface area contributed by atoms with E-state index < -0.39 is 0 Å². The number of nitrogens with one attached hydrogen (secondary N) is 1. The van der Waals surface area contributed by atoms with Gasteiger partial charge in [0, 0.05) is 5.56 Å². The molecule has 0 aliphatic heterocycles. The summed E-state index contributed by atoms with van der Waals surface area (Å²) in [6.07, 6.45) is 3.38. The summed E-state index contributed by atoms with van der Waals surface area (Å²) in [6, 6.07) is 11.5. The average Bonchev–Trinajstić information content (AvgIpc) is 3.19. The van der Waals surface area contributed by atoms with Gasteiger partial charge in [-0.1, -0.05) is 29.3 Å². The Kier molecular flexibility index (Phi) is 3.52. The summed E-state index contributed by atoms with van der Waals surface area (Å²) < 4.78 is 1.97. The van der Waals surface area contributed by atoms with E-state index >= 15 is 0 Å². The second-order valence-electron chi connectivity index (χ2n) is 5.17. The highest BCUT2D eigenvalue weighted by atomic mass is 35.5. The number of aromatic amines is 1. The van der Waals surface area contributed by atoms with Crippen molar-refractivity contribution in [3.63, 3.8) is 0 Å². The van der Waals surface area contributed by atoms with Gasteiger partial charge < -0.3 is 9.55 Å². The van der Waals surface area contributed by atoms with Crippen LogP contribution in [-0.4, -0.2) is 24.7 Å². The second-order valence-corrected chi connectivity index (χ2v) is 5.98. The number of benzene rings is 2. The van der Waals surface area contributed by atoms with Crippen LogP contribution in [-0.2, 0) is 6.54 Å². The Morgan fingerprint density at radius 3 is 2.83 bits per heavy atom.